The average Bonchev–Trinajstić information content (AvgIpc) is 2.98. The highest BCUT2D eigenvalue weighted by molar-refractivity contribution is 5.56. The highest BCUT2D eigenvalue weighted by atomic mass is 15.3. The second kappa shape index (κ2) is 4.27. The normalized spacial score (nSPS) is 13.0. The van der Waals surface area contributed by atoms with Crippen molar-refractivity contribution in [2.24, 2.45) is 7.05 Å². The zero-order valence-corrected chi connectivity index (χ0v) is 10.4. The van der Waals surface area contributed by atoms with Gasteiger partial charge in [-0.25, -0.2) is 4.52 Å². The van der Waals surface area contributed by atoms with Crippen molar-refractivity contribution in [3.05, 3.63) is 54.1 Å². The monoisotopic (exact) mass is 241 g/mol. The van der Waals surface area contributed by atoms with Crippen LogP contribution in [0.25, 0.3) is 5.52 Å². The molecule has 0 spiro atoms. The Balaban J connectivity index is 2.11. The van der Waals surface area contributed by atoms with Gasteiger partial charge in [0.25, 0.3) is 0 Å². The first-order valence-corrected chi connectivity index (χ1v) is 5.88. The lowest BCUT2D eigenvalue weighted by molar-refractivity contribution is 0.645. The molecule has 0 radical (unpaired) electrons. The molecule has 5 heteroatoms. The Morgan fingerprint density at radius 1 is 1.22 bits per heavy atom. The molecule has 0 bridgehead atoms. The van der Waals surface area contributed by atoms with Gasteiger partial charge in [-0.15, -0.1) is 0 Å². The van der Waals surface area contributed by atoms with E-state index in [1.807, 2.05) is 60.1 Å². The first kappa shape index (κ1) is 11.0. The lowest BCUT2D eigenvalue weighted by Gasteiger charge is -2.12. The molecule has 5 nitrogen and oxygen atoms in total. The van der Waals surface area contributed by atoms with E-state index in [1.54, 1.807) is 0 Å². The Labute approximate surface area is 105 Å². The summed E-state index contributed by atoms with van der Waals surface area (Å²) in [5, 5.41) is 12.1. The van der Waals surface area contributed by atoms with E-state index in [0.717, 1.165) is 16.8 Å². The van der Waals surface area contributed by atoms with Crippen LogP contribution in [-0.4, -0.2) is 26.4 Å². The molecule has 3 rings (SSSR count). The first-order chi connectivity index (χ1) is 8.79. The van der Waals surface area contributed by atoms with E-state index in [0.29, 0.717) is 0 Å². The molecule has 0 aliphatic rings. The zero-order chi connectivity index (χ0) is 12.5. The summed E-state index contributed by atoms with van der Waals surface area (Å²) in [6.45, 7) is 0. The van der Waals surface area contributed by atoms with Crippen LogP contribution in [0.4, 0.5) is 0 Å². The number of fused-ring (bicyclic) bond motifs is 1. The zero-order valence-electron chi connectivity index (χ0n) is 10.4. The third-order valence-electron chi connectivity index (χ3n) is 3.09. The molecule has 0 aliphatic carbocycles. The van der Waals surface area contributed by atoms with Gasteiger partial charge in [-0.05, 0) is 25.2 Å². The van der Waals surface area contributed by atoms with E-state index in [2.05, 4.69) is 21.6 Å². The van der Waals surface area contributed by atoms with Gasteiger partial charge in [0.1, 0.15) is 0 Å². The topological polar surface area (TPSA) is 47.2 Å². The third kappa shape index (κ3) is 1.69. The van der Waals surface area contributed by atoms with Gasteiger partial charge in [-0.2, -0.15) is 10.2 Å². The summed E-state index contributed by atoms with van der Waals surface area (Å²) in [5.41, 5.74) is 3.23. The maximum Gasteiger partial charge on any atom is 0.0840 e. The smallest absolute Gasteiger partial charge is 0.0840 e. The molecule has 92 valence electrons. The molecule has 0 aliphatic heterocycles. The van der Waals surface area contributed by atoms with E-state index in [1.165, 1.54) is 0 Å². The maximum absolute atomic E-state index is 4.46. The molecule has 0 amide bonds. The molecule has 0 aromatic carbocycles. The van der Waals surface area contributed by atoms with E-state index in [4.69, 9.17) is 0 Å². The Hall–Kier alpha value is -2.14. The maximum atomic E-state index is 4.46. The van der Waals surface area contributed by atoms with Crippen molar-refractivity contribution in [2.75, 3.05) is 7.05 Å². The molecule has 1 unspecified atom stereocenters. The van der Waals surface area contributed by atoms with Crippen LogP contribution < -0.4 is 5.32 Å². The molecule has 1 atom stereocenters. The van der Waals surface area contributed by atoms with Crippen molar-refractivity contribution < 1.29 is 0 Å². The van der Waals surface area contributed by atoms with Crippen molar-refractivity contribution >= 4 is 5.52 Å². The van der Waals surface area contributed by atoms with Crippen LogP contribution in [0.5, 0.6) is 0 Å². The Bertz CT molecular complexity index is 667. The van der Waals surface area contributed by atoms with Gasteiger partial charge >= 0.3 is 0 Å². The predicted molar refractivity (Wildman–Crippen MR) is 69.3 cm³/mol. The fourth-order valence-corrected chi connectivity index (χ4v) is 2.23. The van der Waals surface area contributed by atoms with Crippen molar-refractivity contribution in [1.82, 2.24) is 24.7 Å². The summed E-state index contributed by atoms with van der Waals surface area (Å²) in [4.78, 5) is 0. The van der Waals surface area contributed by atoms with Gasteiger partial charge < -0.3 is 5.32 Å². The molecule has 3 aromatic heterocycles. The van der Waals surface area contributed by atoms with Gasteiger partial charge in [0, 0.05) is 25.0 Å². The molecule has 18 heavy (non-hydrogen) atoms. The number of aryl methyl sites for hydroxylation is 1. The summed E-state index contributed by atoms with van der Waals surface area (Å²) >= 11 is 0. The van der Waals surface area contributed by atoms with Crippen LogP contribution in [0.1, 0.15) is 17.3 Å². The highest BCUT2D eigenvalue weighted by Gasteiger charge is 2.18. The van der Waals surface area contributed by atoms with Crippen molar-refractivity contribution in [1.29, 1.82) is 0 Å². The lowest BCUT2D eigenvalue weighted by Crippen LogP contribution is -2.18. The van der Waals surface area contributed by atoms with Crippen LogP contribution in [0, 0.1) is 0 Å². The second-order valence-corrected chi connectivity index (χ2v) is 4.27. The minimum absolute atomic E-state index is 0.0612. The summed E-state index contributed by atoms with van der Waals surface area (Å²) in [6, 6.07) is 8.14. The largest absolute Gasteiger partial charge is 0.308 e. The van der Waals surface area contributed by atoms with E-state index in [-0.39, 0.29) is 6.04 Å². The summed E-state index contributed by atoms with van der Waals surface area (Å²) < 4.78 is 3.69. The van der Waals surface area contributed by atoms with Crippen molar-refractivity contribution in [3.8, 4) is 0 Å². The SMILES string of the molecule is CNC(c1ccn(C)n1)c1cnn2ccccc12. The minimum atomic E-state index is 0.0612. The number of nitrogens with one attached hydrogen (secondary N) is 1. The Morgan fingerprint density at radius 2 is 2.11 bits per heavy atom. The Kier molecular flexibility index (Phi) is 2.60. The standard InChI is InChI=1S/C13H15N5/c1-14-13(11-6-8-17(2)16-11)10-9-15-18-7-4-3-5-12(10)18/h3-9,13-14H,1-2H3. The Morgan fingerprint density at radius 3 is 2.83 bits per heavy atom. The van der Waals surface area contributed by atoms with E-state index < -0.39 is 0 Å². The quantitative estimate of drug-likeness (QED) is 0.753. The van der Waals surface area contributed by atoms with Gasteiger partial charge in [0.05, 0.1) is 23.4 Å². The van der Waals surface area contributed by atoms with Crippen LogP contribution >= 0.6 is 0 Å². The van der Waals surface area contributed by atoms with E-state index in [9.17, 15) is 0 Å². The fraction of sp³-hybridized carbons (Fsp3) is 0.231. The highest BCUT2D eigenvalue weighted by Crippen LogP contribution is 2.23. The molecule has 3 heterocycles. The van der Waals surface area contributed by atoms with E-state index >= 15 is 0 Å². The summed E-state index contributed by atoms with van der Waals surface area (Å²) in [7, 11) is 3.86. The van der Waals surface area contributed by atoms with Gasteiger partial charge in [0.2, 0.25) is 0 Å². The van der Waals surface area contributed by atoms with Gasteiger partial charge in [0.15, 0.2) is 0 Å². The molecule has 3 aromatic rings. The molecule has 0 saturated carbocycles. The first-order valence-electron chi connectivity index (χ1n) is 5.88. The molecule has 1 N–H and O–H groups in total. The summed E-state index contributed by atoms with van der Waals surface area (Å²) in [5.74, 6) is 0. The molecule has 0 saturated heterocycles. The van der Waals surface area contributed by atoms with Crippen LogP contribution in [0.15, 0.2) is 42.9 Å². The number of rotatable bonds is 3. The number of hydrogen-bond acceptors (Lipinski definition) is 3. The van der Waals surface area contributed by atoms with Crippen LogP contribution in [0.2, 0.25) is 0 Å². The van der Waals surface area contributed by atoms with Gasteiger partial charge in [-0.1, -0.05) is 6.07 Å². The molecular formula is C13H15N5. The molecule has 0 fully saturated rings. The summed E-state index contributed by atoms with van der Waals surface area (Å²) in [6.07, 6.45) is 5.79. The van der Waals surface area contributed by atoms with Crippen LogP contribution in [-0.2, 0) is 7.05 Å². The predicted octanol–water partition coefficient (Wildman–Crippen LogP) is 1.38. The second-order valence-electron chi connectivity index (χ2n) is 4.27. The third-order valence-corrected chi connectivity index (χ3v) is 3.09. The van der Waals surface area contributed by atoms with Crippen LogP contribution in [0.3, 0.4) is 0 Å². The average molecular weight is 241 g/mol. The lowest BCUT2D eigenvalue weighted by atomic mass is 10.1. The fourth-order valence-electron chi connectivity index (χ4n) is 2.23. The van der Waals surface area contributed by atoms with Crippen molar-refractivity contribution in [3.63, 3.8) is 0 Å². The van der Waals surface area contributed by atoms with Gasteiger partial charge in [-0.3, -0.25) is 4.68 Å². The number of hydrogen-bond donors (Lipinski definition) is 1. The van der Waals surface area contributed by atoms with Crippen molar-refractivity contribution in [2.45, 2.75) is 6.04 Å². The number of nitrogens with zero attached hydrogens (tertiary/aromatic N) is 4. The minimum Gasteiger partial charge on any atom is -0.308 e. The number of aromatic nitrogens is 4. The molecular weight excluding hydrogens is 226 g/mol. The number of pyridine rings is 1.